The molecule has 0 fully saturated rings. The van der Waals surface area contributed by atoms with Crippen LogP contribution in [0, 0.1) is 16.0 Å². The highest BCUT2D eigenvalue weighted by molar-refractivity contribution is 7.90. The lowest BCUT2D eigenvalue weighted by atomic mass is 10.1. The first kappa shape index (κ1) is 16.4. The number of nitrogens with one attached hydrogen (secondary N) is 1. The number of benzene rings is 1. The summed E-state index contributed by atoms with van der Waals surface area (Å²) in [6.45, 7) is 4.78. The first-order valence-corrected chi connectivity index (χ1v) is 8.34. The second-order valence-electron chi connectivity index (χ2n) is 5.14. The van der Waals surface area contributed by atoms with Crippen LogP contribution in [0.15, 0.2) is 23.1 Å². The predicted octanol–water partition coefficient (Wildman–Crippen LogP) is 2.85. The summed E-state index contributed by atoms with van der Waals surface area (Å²) in [4.78, 5) is 10.2. The Hall–Kier alpha value is -1.63. The Labute approximate surface area is 119 Å². The summed E-state index contributed by atoms with van der Waals surface area (Å²) >= 11 is 0. The van der Waals surface area contributed by atoms with Crippen molar-refractivity contribution in [3.8, 4) is 0 Å². The number of nitrogens with zero attached hydrogens (tertiary/aromatic N) is 1. The minimum Gasteiger partial charge on any atom is -0.379 e. The number of rotatable bonds is 7. The Bertz CT molecular complexity index is 582. The van der Waals surface area contributed by atoms with Gasteiger partial charge in [-0.25, -0.2) is 8.42 Å². The molecule has 0 atom stereocenters. The third kappa shape index (κ3) is 4.48. The molecular weight excluding hydrogens is 280 g/mol. The van der Waals surface area contributed by atoms with Gasteiger partial charge in [0.05, 0.1) is 4.92 Å². The normalized spacial score (nSPS) is 11.6. The largest absolute Gasteiger partial charge is 0.379 e. The topological polar surface area (TPSA) is 89.3 Å². The average molecular weight is 300 g/mol. The van der Waals surface area contributed by atoms with Gasteiger partial charge in [-0.3, -0.25) is 10.1 Å². The summed E-state index contributed by atoms with van der Waals surface area (Å²) in [5.41, 5.74) is -0.124. The number of nitro groups is 1. The zero-order valence-electron chi connectivity index (χ0n) is 11.9. The van der Waals surface area contributed by atoms with Crippen LogP contribution in [-0.2, 0) is 9.84 Å². The standard InChI is InChI=1S/C13H20N2O4S/c1-10(2)6-5-9-14-11-7-4-8-12(20(3,18)19)13(11)15(16)17/h4,7-8,10,14H,5-6,9H2,1-3H3. The molecule has 0 bridgehead atoms. The summed E-state index contributed by atoms with van der Waals surface area (Å²) in [6.07, 6.45) is 2.85. The Morgan fingerprint density at radius 2 is 2.00 bits per heavy atom. The lowest BCUT2D eigenvalue weighted by Gasteiger charge is -2.10. The van der Waals surface area contributed by atoms with Gasteiger partial charge in [0.1, 0.15) is 10.6 Å². The van der Waals surface area contributed by atoms with Gasteiger partial charge in [-0.05, 0) is 30.9 Å². The Kier molecular flexibility index (Phi) is 5.50. The highest BCUT2D eigenvalue weighted by atomic mass is 32.2. The highest BCUT2D eigenvalue weighted by Gasteiger charge is 2.25. The van der Waals surface area contributed by atoms with Crippen LogP contribution in [0.5, 0.6) is 0 Å². The van der Waals surface area contributed by atoms with Crippen molar-refractivity contribution in [3.63, 3.8) is 0 Å². The van der Waals surface area contributed by atoms with Gasteiger partial charge in [-0.1, -0.05) is 19.9 Å². The van der Waals surface area contributed by atoms with Crippen molar-refractivity contribution >= 4 is 21.2 Å². The fourth-order valence-electron chi connectivity index (χ4n) is 1.89. The van der Waals surface area contributed by atoms with E-state index in [2.05, 4.69) is 19.2 Å². The quantitative estimate of drug-likeness (QED) is 0.475. The van der Waals surface area contributed by atoms with E-state index >= 15 is 0 Å². The first-order chi connectivity index (χ1) is 9.23. The van der Waals surface area contributed by atoms with Gasteiger partial charge in [0.25, 0.3) is 0 Å². The maximum Gasteiger partial charge on any atom is 0.310 e. The Morgan fingerprint density at radius 1 is 1.35 bits per heavy atom. The van der Waals surface area contributed by atoms with Crippen molar-refractivity contribution < 1.29 is 13.3 Å². The van der Waals surface area contributed by atoms with Gasteiger partial charge in [0.2, 0.25) is 0 Å². The molecule has 0 amide bonds. The Balaban J connectivity index is 2.99. The molecule has 0 saturated carbocycles. The van der Waals surface area contributed by atoms with E-state index in [0.29, 0.717) is 12.5 Å². The van der Waals surface area contributed by atoms with Gasteiger partial charge in [0, 0.05) is 12.8 Å². The number of hydrogen-bond donors (Lipinski definition) is 1. The van der Waals surface area contributed by atoms with Crippen LogP contribution in [0.3, 0.4) is 0 Å². The highest BCUT2D eigenvalue weighted by Crippen LogP contribution is 2.31. The minimum absolute atomic E-state index is 0.252. The molecule has 0 spiro atoms. The van der Waals surface area contributed by atoms with Crippen LogP contribution < -0.4 is 5.32 Å². The molecule has 20 heavy (non-hydrogen) atoms. The van der Waals surface area contributed by atoms with Crippen LogP contribution in [-0.4, -0.2) is 26.1 Å². The number of anilines is 1. The average Bonchev–Trinajstić information content (AvgIpc) is 2.32. The van der Waals surface area contributed by atoms with Crippen molar-refractivity contribution in [3.05, 3.63) is 28.3 Å². The third-order valence-corrected chi connectivity index (χ3v) is 3.98. The molecule has 0 aliphatic heterocycles. The maximum absolute atomic E-state index is 11.6. The van der Waals surface area contributed by atoms with E-state index in [0.717, 1.165) is 19.1 Å². The molecule has 112 valence electrons. The first-order valence-electron chi connectivity index (χ1n) is 6.44. The zero-order chi connectivity index (χ0) is 15.3. The van der Waals surface area contributed by atoms with Crippen molar-refractivity contribution in [1.82, 2.24) is 0 Å². The molecule has 0 aromatic heterocycles. The molecule has 7 heteroatoms. The summed E-state index contributed by atoms with van der Waals surface area (Å²) in [5, 5.41) is 14.1. The molecule has 6 nitrogen and oxygen atoms in total. The van der Waals surface area contributed by atoms with Crippen molar-refractivity contribution in [2.75, 3.05) is 18.1 Å². The fraction of sp³-hybridized carbons (Fsp3) is 0.538. The zero-order valence-corrected chi connectivity index (χ0v) is 12.7. The van der Waals surface area contributed by atoms with Crippen LogP contribution in [0.2, 0.25) is 0 Å². The SMILES string of the molecule is CC(C)CCCNc1cccc(S(C)(=O)=O)c1[N+](=O)[O-]. The molecule has 1 N–H and O–H groups in total. The monoisotopic (exact) mass is 300 g/mol. The lowest BCUT2D eigenvalue weighted by molar-refractivity contribution is -0.386. The van der Waals surface area contributed by atoms with Crippen LogP contribution >= 0.6 is 0 Å². The van der Waals surface area contributed by atoms with E-state index < -0.39 is 14.8 Å². The molecule has 0 saturated heterocycles. The van der Waals surface area contributed by atoms with Crippen LogP contribution in [0.25, 0.3) is 0 Å². The van der Waals surface area contributed by atoms with E-state index in [9.17, 15) is 18.5 Å². The van der Waals surface area contributed by atoms with E-state index in [1.165, 1.54) is 18.2 Å². The third-order valence-electron chi connectivity index (χ3n) is 2.85. The van der Waals surface area contributed by atoms with Crippen LogP contribution in [0.4, 0.5) is 11.4 Å². The molecule has 1 aromatic rings. The van der Waals surface area contributed by atoms with Crippen molar-refractivity contribution in [2.45, 2.75) is 31.6 Å². The predicted molar refractivity (Wildman–Crippen MR) is 78.8 cm³/mol. The molecule has 0 unspecified atom stereocenters. The molecule has 1 rings (SSSR count). The molecule has 0 heterocycles. The molecule has 0 aliphatic rings. The molecule has 0 radical (unpaired) electrons. The molecular formula is C13H20N2O4S. The van der Waals surface area contributed by atoms with Crippen LogP contribution in [0.1, 0.15) is 26.7 Å². The lowest BCUT2D eigenvalue weighted by Crippen LogP contribution is -2.09. The van der Waals surface area contributed by atoms with Gasteiger partial charge >= 0.3 is 5.69 Å². The van der Waals surface area contributed by atoms with Crippen molar-refractivity contribution in [2.24, 2.45) is 5.92 Å². The molecule has 1 aromatic carbocycles. The second-order valence-corrected chi connectivity index (χ2v) is 7.13. The van der Waals surface area contributed by atoms with E-state index in [4.69, 9.17) is 0 Å². The van der Waals surface area contributed by atoms with Gasteiger partial charge in [0.15, 0.2) is 9.84 Å². The van der Waals surface area contributed by atoms with E-state index in [-0.39, 0.29) is 16.3 Å². The van der Waals surface area contributed by atoms with Gasteiger partial charge in [-0.2, -0.15) is 0 Å². The fourth-order valence-corrected chi connectivity index (χ4v) is 2.75. The minimum atomic E-state index is -3.63. The summed E-state index contributed by atoms with van der Waals surface area (Å²) in [7, 11) is -3.63. The Morgan fingerprint density at radius 3 is 2.50 bits per heavy atom. The van der Waals surface area contributed by atoms with E-state index in [1.54, 1.807) is 0 Å². The number of hydrogen-bond acceptors (Lipinski definition) is 5. The van der Waals surface area contributed by atoms with Gasteiger partial charge in [-0.15, -0.1) is 0 Å². The summed E-state index contributed by atoms with van der Waals surface area (Å²) in [6, 6.07) is 4.29. The summed E-state index contributed by atoms with van der Waals surface area (Å²) < 4.78 is 23.2. The smallest absolute Gasteiger partial charge is 0.310 e. The summed E-state index contributed by atoms with van der Waals surface area (Å²) in [5.74, 6) is 0.564. The number of sulfone groups is 1. The van der Waals surface area contributed by atoms with Gasteiger partial charge < -0.3 is 5.32 Å². The number of para-hydroxylation sites is 1. The second kappa shape index (κ2) is 6.69. The molecule has 0 aliphatic carbocycles. The van der Waals surface area contributed by atoms with Crippen molar-refractivity contribution in [1.29, 1.82) is 0 Å². The van der Waals surface area contributed by atoms with E-state index in [1.807, 2.05) is 0 Å². The number of nitro benzene ring substituents is 1. The maximum atomic E-state index is 11.6.